The molecule has 1 rings (SSSR count). The maximum Gasteiger partial charge on any atom is 0.134 e. The van der Waals surface area contributed by atoms with Crippen molar-refractivity contribution in [3.63, 3.8) is 0 Å². The average molecular weight is 248 g/mol. The second-order valence-electron chi connectivity index (χ2n) is 3.00. The lowest BCUT2D eigenvalue weighted by Gasteiger charge is -2.00. The summed E-state index contributed by atoms with van der Waals surface area (Å²) in [5, 5.41) is 21.9. The first-order valence-electron chi connectivity index (χ1n) is 5.14. The van der Waals surface area contributed by atoms with Crippen LogP contribution in [0.25, 0.3) is 0 Å². The molecule has 0 saturated heterocycles. The zero-order valence-electron chi connectivity index (χ0n) is 10.4. The Morgan fingerprint density at radius 1 is 1.50 bits per heavy atom. The molecular formula is C12H16N4O2. The first-order valence-corrected chi connectivity index (χ1v) is 5.14. The van der Waals surface area contributed by atoms with Crippen LogP contribution in [0.15, 0.2) is 35.3 Å². The maximum atomic E-state index is 9.18. The van der Waals surface area contributed by atoms with Crippen LogP contribution >= 0.6 is 0 Å². The molecule has 6 heteroatoms. The molecule has 96 valence electrons. The molecule has 6 nitrogen and oxygen atoms in total. The van der Waals surface area contributed by atoms with E-state index in [1.165, 1.54) is 12.3 Å². The van der Waals surface area contributed by atoms with Crippen LogP contribution in [0, 0.1) is 22.7 Å². The highest BCUT2D eigenvalue weighted by molar-refractivity contribution is 5.52. The molecule has 1 heterocycles. The van der Waals surface area contributed by atoms with Crippen molar-refractivity contribution in [3.8, 4) is 12.1 Å². The van der Waals surface area contributed by atoms with Gasteiger partial charge in [-0.1, -0.05) is 5.16 Å². The zero-order valence-corrected chi connectivity index (χ0v) is 10.4. The summed E-state index contributed by atoms with van der Waals surface area (Å²) in [5.74, 6) is 0. The number of rotatable bonds is 3. The Labute approximate surface area is 106 Å². The van der Waals surface area contributed by atoms with Gasteiger partial charge < -0.3 is 14.6 Å². The summed E-state index contributed by atoms with van der Waals surface area (Å²) in [4.78, 5) is 9.18. The van der Waals surface area contributed by atoms with Crippen molar-refractivity contribution in [1.82, 2.24) is 10.5 Å². The highest BCUT2D eigenvalue weighted by Gasteiger charge is 1.80. The molecule has 0 spiro atoms. The van der Waals surface area contributed by atoms with Crippen LogP contribution in [-0.2, 0) is 4.79 Å². The van der Waals surface area contributed by atoms with Gasteiger partial charge in [0.15, 0.2) is 0 Å². The minimum absolute atomic E-state index is 0.0139. The molecule has 0 fully saturated rings. The molecule has 0 aliphatic rings. The highest BCUT2D eigenvalue weighted by Crippen LogP contribution is 1.74. The quantitative estimate of drug-likeness (QED) is 0.646. The number of hydrogen-bond acceptors (Lipinski definition) is 6. The summed E-state index contributed by atoms with van der Waals surface area (Å²) >= 11 is 0. The van der Waals surface area contributed by atoms with E-state index in [2.05, 4.69) is 15.0 Å². The number of nitrogens with zero attached hydrogens (tertiary/aromatic N) is 3. The monoisotopic (exact) mass is 248 g/mol. The van der Waals surface area contributed by atoms with Crippen molar-refractivity contribution < 1.29 is 9.32 Å². The fourth-order valence-corrected chi connectivity index (χ4v) is 0.491. The molecule has 0 unspecified atom stereocenters. The van der Waals surface area contributed by atoms with E-state index in [9.17, 15) is 4.79 Å². The fraction of sp³-hybridized carbons (Fsp3) is 0.333. The van der Waals surface area contributed by atoms with Gasteiger partial charge in [0, 0.05) is 18.3 Å². The standard InChI is InChI=1S/C6H10N2.2C3H3NO/c1-6(2)8-5-3-4-7;1-2-4-5-3-1;4-2-1-3-5/h3,5-6,8H,1-2H3;1-3H;3H,1H2. The van der Waals surface area contributed by atoms with E-state index in [4.69, 9.17) is 10.5 Å². The minimum atomic E-state index is 0.0139. The summed E-state index contributed by atoms with van der Waals surface area (Å²) in [6, 6.07) is 5.67. The Balaban J connectivity index is 0. The third-order valence-corrected chi connectivity index (χ3v) is 1.11. The van der Waals surface area contributed by atoms with Crippen molar-refractivity contribution >= 4 is 6.29 Å². The predicted molar refractivity (Wildman–Crippen MR) is 65.8 cm³/mol. The third kappa shape index (κ3) is 23.3. The Morgan fingerprint density at radius 3 is 2.44 bits per heavy atom. The van der Waals surface area contributed by atoms with Crippen molar-refractivity contribution in [2.75, 3.05) is 0 Å². The van der Waals surface area contributed by atoms with Gasteiger partial charge in [-0.05, 0) is 19.9 Å². The van der Waals surface area contributed by atoms with E-state index in [-0.39, 0.29) is 6.42 Å². The van der Waals surface area contributed by atoms with Crippen LogP contribution in [-0.4, -0.2) is 17.5 Å². The molecule has 0 saturated carbocycles. The first-order chi connectivity index (χ1) is 8.68. The molecule has 0 bridgehead atoms. The van der Waals surface area contributed by atoms with Crippen molar-refractivity contribution in [2.24, 2.45) is 0 Å². The van der Waals surface area contributed by atoms with Crippen molar-refractivity contribution in [1.29, 1.82) is 10.5 Å². The number of allylic oxidation sites excluding steroid dienone is 1. The first kappa shape index (κ1) is 17.8. The van der Waals surface area contributed by atoms with E-state index >= 15 is 0 Å². The van der Waals surface area contributed by atoms with Gasteiger partial charge in [0.1, 0.15) is 12.5 Å². The van der Waals surface area contributed by atoms with Gasteiger partial charge in [0.05, 0.1) is 24.8 Å². The van der Waals surface area contributed by atoms with Crippen LogP contribution < -0.4 is 5.32 Å². The minimum Gasteiger partial charge on any atom is -0.388 e. The Hall–Kier alpha value is -2.60. The van der Waals surface area contributed by atoms with Crippen LogP contribution in [0.1, 0.15) is 20.3 Å². The van der Waals surface area contributed by atoms with E-state index in [0.717, 1.165) is 0 Å². The van der Waals surface area contributed by atoms with Crippen molar-refractivity contribution in [3.05, 3.63) is 30.8 Å². The maximum absolute atomic E-state index is 9.18. The largest absolute Gasteiger partial charge is 0.388 e. The van der Waals surface area contributed by atoms with E-state index in [1.807, 2.05) is 19.9 Å². The second kappa shape index (κ2) is 16.8. The Kier molecular flexibility index (Phi) is 16.6. The SMILES string of the molecule is CC(C)NC=CC#N.N#CCC=O.c1cnoc1. The van der Waals surface area contributed by atoms with Crippen LogP contribution in [0.5, 0.6) is 0 Å². The van der Waals surface area contributed by atoms with Gasteiger partial charge in [0.2, 0.25) is 0 Å². The zero-order chi connectivity index (χ0) is 14.1. The molecule has 0 aliphatic carbocycles. The summed E-state index contributed by atoms with van der Waals surface area (Å²) in [5.41, 5.74) is 0. The number of carbonyl (C=O) groups is 1. The molecule has 1 aromatic heterocycles. The van der Waals surface area contributed by atoms with Crippen LogP contribution in [0.2, 0.25) is 0 Å². The van der Waals surface area contributed by atoms with Gasteiger partial charge in [-0.15, -0.1) is 0 Å². The molecule has 0 atom stereocenters. The number of aromatic nitrogens is 1. The molecule has 0 radical (unpaired) electrons. The van der Waals surface area contributed by atoms with Gasteiger partial charge in [-0.2, -0.15) is 10.5 Å². The van der Waals surface area contributed by atoms with Gasteiger partial charge in [-0.3, -0.25) is 0 Å². The average Bonchev–Trinajstić information content (AvgIpc) is 2.89. The van der Waals surface area contributed by atoms with Gasteiger partial charge in [0.25, 0.3) is 0 Å². The topological polar surface area (TPSA) is 103 Å². The van der Waals surface area contributed by atoms with Crippen LogP contribution in [0.4, 0.5) is 0 Å². The Morgan fingerprint density at radius 2 is 2.22 bits per heavy atom. The number of nitrogens with one attached hydrogen (secondary N) is 1. The molecular weight excluding hydrogens is 232 g/mol. The molecule has 0 aliphatic heterocycles. The summed E-state index contributed by atoms with van der Waals surface area (Å²) in [6.07, 6.45) is 6.74. The third-order valence-electron chi connectivity index (χ3n) is 1.11. The molecule has 1 aromatic rings. The molecule has 1 N–H and O–H groups in total. The van der Waals surface area contributed by atoms with E-state index in [1.54, 1.807) is 24.5 Å². The van der Waals surface area contributed by atoms with Crippen molar-refractivity contribution in [2.45, 2.75) is 26.3 Å². The number of carbonyl (C=O) groups excluding carboxylic acids is 1. The smallest absolute Gasteiger partial charge is 0.134 e. The molecule has 18 heavy (non-hydrogen) atoms. The summed E-state index contributed by atoms with van der Waals surface area (Å²) < 4.78 is 4.33. The number of hydrogen-bond donors (Lipinski definition) is 1. The predicted octanol–water partition coefficient (Wildman–Crippen LogP) is 1.80. The molecule has 0 aromatic carbocycles. The number of aldehydes is 1. The lowest BCUT2D eigenvalue weighted by molar-refractivity contribution is -0.107. The van der Waals surface area contributed by atoms with E-state index in [0.29, 0.717) is 12.3 Å². The molecule has 0 amide bonds. The lowest BCUT2D eigenvalue weighted by Crippen LogP contribution is -2.14. The highest BCUT2D eigenvalue weighted by atomic mass is 16.5. The van der Waals surface area contributed by atoms with Gasteiger partial charge >= 0.3 is 0 Å². The fourth-order valence-electron chi connectivity index (χ4n) is 0.491. The Bertz CT molecular complexity index is 355. The lowest BCUT2D eigenvalue weighted by atomic mass is 10.4. The number of nitriles is 2. The second-order valence-corrected chi connectivity index (χ2v) is 3.00. The summed E-state index contributed by atoms with van der Waals surface area (Å²) in [6.45, 7) is 4.03. The normalized spacial score (nSPS) is 8.06. The van der Waals surface area contributed by atoms with Crippen LogP contribution in [0.3, 0.4) is 0 Å². The van der Waals surface area contributed by atoms with E-state index < -0.39 is 0 Å². The summed E-state index contributed by atoms with van der Waals surface area (Å²) in [7, 11) is 0. The van der Waals surface area contributed by atoms with Gasteiger partial charge in [-0.25, -0.2) is 0 Å².